The van der Waals surface area contributed by atoms with Gasteiger partial charge in [-0.25, -0.2) is 4.79 Å². The molecule has 6 heteroatoms. The van der Waals surface area contributed by atoms with Crippen LogP contribution in [-0.4, -0.2) is 22.2 Å². The smallest absolute Gasteiger partial charge is 0.329 e. The molecule has 2 atom stereocenters. The minimum absolute atomic E-state index is 0.242. The highest BCUT2D eigenvalue weighted by Crippen LogP contribution is 2.42. The van der Waals surface area contributed by atoms with Crippen LogP contribution in [-0.2, 0) is 15.1 Å². The molecule has 0 saturated carbocycles. The normalized spacial score (nSPS) is 21.5. The van der Waals surface area contributed by atoms with E-state index in [0.717, 1.165) is 34.1 Å². The Morgan fingerprint density at radius 2 is 1.86 bits per heavy atom. The summed E-state index contributed by atoms with van der Waals surface area (Å²) in [6.07, 6.45) is 2.29. The van der Waals surface area contributed by atoms with Gasteiger partial charge >= 0.3 is 5.97 Å². The Hall–Kier alpha value is -2.60. The molecule has 1 saturated heterocycles. The Kier molecular flexibility index (Phi) is 5.22. The first-order valence-corrected chi connectivity index (χ1v) is 10.3. The summed E-state index contributed by atoms with van der Waals surface area (Å²) in [6.45, 7) is 2.11. The monoisotopic (exact) mass is 439 g/mol. The highest BCUT2D eigenvalue weighted by Gasteiger charge is 2.47. The lowest BCUT2D eigenvalue weighted by atomic mass is 9.85. The molecule has 2 unspecified atom stereocenters. The van der Waals surface area contributed by atoms with E-state index in [4.69, 9.17) is 4.74 Å². The third kappa shape index (κ3) is 3.44. The van der Waals surface area contributed by atoms with Crippen LogP contribution >= 0.6 is 15.9 Å². The van der Waals surface area contributed by atoms with Crippen LogP contribution in [0.25, 0.3) is 11.3 Å². The van der Waals surface area contributed by atoms with Crippen molar-refractivity contribution < 1.29 is 9.53 Å². The lowest BCUT2D eigenvalue weighted by Gasteiger charge is -2.27. The van der Waals surface area contributed by atoms with Crippen LogP contribution in [0.4, 0.5) is 5.82 Å². The summed E-state index contributed by atoms with van der Waals surface area (Å²) in [5.41, 5.74) is 2.35. The molecule has 0 spiro atoms. The zero-order valence-corrected chi connectivity index (χ0v) is 17.2. The number of halogens is 1. The minimum atomic E-state index is -0.587. The zero-order valence-electron chi connectivity index (χ0n) is 15.6. The van der Waals surface area contributed by atoms with Crippen LogP contribution in [0.5, 0.6) is 0 Å². The first kappa shape index (κ1) is 18.7. The standard InChI is InChI=1S/C22H22BrN3O2/c1-2-13-22(16-11-7-4-8-12-16)14-17(21(27)28-22)24-20-18(23)19(25-26-20)15-9-5-3-6-10-15/h3-12,17H,2,13-14H2,1H3,(H2,24,25,26). The molecule has 0 amide bonds. The maximum atomic E-state index is 12.7. The number of carbonyl (C=O) groups is 1. The summed E-state index contributed by atoms with van der Waals surface area (Å²) in [4.78, 5) is 12.7. The molecule has 4 rings (SSSR count). The van der Waals surface area contributed by atoms with Crippen LogP contribution in [0.2, 0.25) is 0 Å². The van der Waals surface area contributed by atoms with Gasteiger partial charge in [-0.3, -0.25) is 5.10 Å². The molecular formula is C22H22BrN3O2. The average molecular weight is 440 g/mol. The van der Waals surface area contributed by atoms with E-state index in [-0.39, 0.29) is 5.97 Å². The van der Waals surface area contributed by atoms with E-state index in [1.807, 2.05) is 60.7 Å². The van der Waals surface area contributed by atoms with Crippen molar-refractivity contribution in [2.75, 3.05) is 5.32 Å². The summed E-state index contributed by atoms with van der Waals surface area (Å²) < 4.78 is 6.74. The van der Waals surface area contributed by atoms with E-state index in [9.17, 15) is 4.79 Å². The fraction of sp³-hybridized carbons (Fsp3) is 0.273. The number of cyclic esters (lactones) is 1. The van der Waals surface area contributed by atoms with Crippen molar-refractivity contribution in [3.8, 4) is 11.3 Å². The van der Waals surface area contributed by atoms with Crippen LogP contribution in [0.15, 0.2) is 65.1 Å². The second kappa shape index (κ2) is 7.80. The molecule has 2 N–H and O–H groups in total. The number of H-pyrrole nitrogens is 1. The van der Waals surface area contributed by atoms with Crippen molar-refractivity contribution in [1.29, 1.82) is 0 Å². The SMILES string of the molecule is CCCC1(c2ccccc2)CC(Nc2n[nH]c(-c3ccccc3)c2Br)C(=O)O1. The quantitative estimate of drug-likeness (QED) is 0.513. The van der Waals surface area contributed by atoms with E-state index in [2.05, 4.69) is 38.4 Å². The van der Waals surface area contributed by atoms with Crippen molar-refractivity contribution in [2.24, 2.45) is 0 Å². The third-order valence-corrected chi connectivity index (χ3v) is 5.92. The Bertz CT molecular complexity index is 958. The summed E-state index contributed by atoms with van der Waals surface area (Å²) in [5.74, 6) is 0.370. The summed E-state index contributed by atoms with van der Waals surface area (Å²) >= 11 is 3.61. The molecule has 0 radical (unpaired) electrons. The molecule has 1 aliphatic rings. The Labute approximate surface area is 172 Å². The van der Waals surface area contributed by atoms with Crippen LogP contribution in [0.3, 0.4) is 0 Å². The van der Waals surface area contributed by atoms with E-state index in [1.165, 1.54) is 0 Å². The number of benzene rings is 2. The molecule has 1 aliphatic heterocycles. The number of ether oxygens (including phenoxy) is 1. The molecule has 2 heterocycles. The number of aromatic amines is 1. The number of esters is 1. The van der Waals surface area contributed by atoms with E-state index in [0.29, 0.717) is 12.2 Å². The van der Waals surface area contributed by atoms with Gasteiger partial charge in [0, 0.05) is 12.0 Å². The lowest BCUT2D eigenvalue weighted by Crippen LogP contribution is -2.27. The van der Waals surface area contributed by atoms with Gasteiger partial charge in [0.15, 0.2) is 5.82 Å². The largest absolute Gasteiger partial charge is 0.453 e. The first-order chi connectivity index (χ1) is 13.6. The van der Waals surface area contributed by atoms with Crippen LogP contribution in [0, 0.1) is 0 Å². The fourth-order valence-electron chi connectivity index (χ4n) is 3.83. The number of nitrogens with one attached hydrogen (secondary N) is 2. The molecule has 0 bridgehead atoms. The highest BCUT2D eigenvalue weighted by molar-refractivity contribution is 9.10. The maximum Gasteiger partial charge on any atom is 0.329 e. The van der Waals surface area contributed by atoms with E-state index < -0.39 is 11.6 Å². The van der Waals surface area contributed by atoms with Crippen LogP contribution < -0.4 is 5.32 Å². The van der Waals surface area contributed by atoms with Gasteiger partial charge < -0.3 is 10.1 Å². The Morgan fingerprint density at radius 3 is 2.54 bits per heavy atom. The topological polar surface area (TPSA) is 67.0 Å². The van der Waals surface area contributed by atoms with Crippen molar-refractivity contribution in [2.45, 2.75) is 37.8 Å². The third-order valence-electron chi connectivity index (χ3n) is 5.15. The predicted octanol–water partition coefficient (Wildman–Crippen LogP) is 5.26. The second-order valence-corrected chi connectivity index (χ2v) is 7.85. The lowest BCUT2D eigenvalue weighted by molar-refractivity contribution is -0.150. The molecule has 0 aliphatic carbocycles. The number of rotatable bonds is 6. The predicted molar refractivity (Wildman–Crippen MR) is 113 cm³/mol. The number of nitrogens with zero attached hydrogens (tertiary/aromatic N) is 1. The van der Waals surface area contributed by atoms with Gasteiger partial charge in [-0.15, -0.1) is 0 Å². The molecule has 28 heavy (non-hydrogen) atoms. The zero-order chi connectivity index (χ0) is 19.6. The molecule has 3 aromatic rings. The second-order valence-electron chi connectivity index (χ2n) is 7.06. The number of hydrogen-bond donors (Lipinski definition) is 2. The summed E-state index contributed by atoms with van der Waals surface area (Å²) in [5, 5.41) is 10.7. The fourth-order valence-corrected chi connectivity index (χ4v) is 4.35. The molecule has 2 aromatic carbocycles. The Balaban J connectivity index is 1.58. The molecular weight excluding hydrogens is 418 g/mol. The van der Waals surface area contributed by atoms with Gasteiger partial charge in [-0.2, -0.15) is 5.10 Å². The van der Waals surface area contributed by atoms with Crippen molar-refractivity contribution >= 4 is 27.7 Å². The Morgan fingerprint density at radius 1 is 1.18 bits per heavy atom. The summed E-state index contributed by atoms with van der Waals surface area (Å²) in [6, 6.07) is 19.5. The van der Waals surface area contributed by atoms with Gasteiger partial charge in [0.05, 0.1) is 10.2 Å². The first-order valence-electron chi connectivity index (χ1n) is 9.47. The van der Waals surface area contributed by atoms with Crippen molar-refractivity contribution in [3.63, 3.8) is 0 Å². The van der Waals surface area contributed by atoms with Gasteiger partial charge in [0.25, 0.3) is 0 Å². The average Bonchev–Trinajstić information content (AvgIpc) is 3.24. The van der Waals surface area contributed by atoms with Gasteiger partial charge in [-0.1, -0.05) is 74.0 Å². The molecule has 1 aromatic heterocycles. The molecule has 5 nitrogen and oxygen atoms in total. The number of carbonyl (C=O) groups excluding carboxylic acids is 1. The van der Waals surface area contributed by atoms with Crippen LogP contribution in [0.1, 0.15) is 31.7 Å². The van der Waals surface area contributed by atoms with Gasteiger partial charge in [-0.05, 0) is 27.9 Å². The number of aromatic nitrogens is 2. The van der Waals surface area contributed by atoms with Crippen molar-refractivity contribution in [3.05, 3.63) is 70.7 Å². The maximum absolute atomic E-state index is 12.7. The van der Waals surface area contributed by atoms with E-state index >= 15 is 0 Å². The van der Waals surface area contributed by atoms with E-state index in [1.54, 1.807) is 0 Å². The number of hydrogen-bond acceptors (Lipinski definition) is 4. The molecule has 1 fully saturated rings. The van der Waals surface area contributed by atoms with Crippen molar-refractivity contribution in [1.82, 2.24) is 10.2 Å². The highest BCUT2D eigenvalue weighted by atomic mass is 79.9. The summed E-state index contributed by atoms with van der Waals surface area (Å²) in [7, 11) is 0. The van der Waals surface area contributed by atoms with Gasteiger partial charge in [0.1, 0.15) is 11.6 Å². The van der Waals surface area contributed by atoms with Gasteiger partial charge in [0.2, 0.25) is 0 Å². The molecule has 144 valence electrons. The number of anilines is 1. The minimum Gasteiger partial charge on any atom is -0.453 e.